The molecule has 15 heavy (non-hydrogen) atoms. The smallest absolute Gasteiger partial charge is 0.407 e. The van der Waals surface area contributed by atoms with Crippen LogP contribution in [0.25, 0.3) is 0 Å². The van der Waals surface area contributed by atoms with Crippen LogP contribution in [-0.4, -0.2) is 11.3 Å². The first-order valence-corrected chi connectivity index (χ1v) is 4.53. The molecule has 1 aromatic carbocycles. The minimum Gasteiger partial charge on any atom is -0.505 e. The van der Waals surface area contributed by atoms with Gasteiger partial charge in [0.2, 0.25) is 0 Å². The molecule has 0 aliphatic heterocycles. The fraction of sp³-hybridized carbons (Fsp3) is 0.250. The highest BCUT2D eigenvalue weighted by Gasteiger charge is 2.39. The fourth-order valence-corrected chi connectivity index (χ4v) is 1.45. The second-order valence-corrected chi connectivity index (χ2v) is 3.76. The molecule has 3 N–H and O–H groups in total. The van der Waals surface area contributed by atoms with E-state index >= 15 is 0 Å². The number of phenols is 1. The molecule has 0 aromatic heterocycles. The van der Waals surface area contributed by atoms with E-state index < -0.39 is 29.3 Å². The lowest BCUT2D eigenvalue weighted by molar-refractivity contribution is -0.149. The molecule has 84 valence electrons. The van der Waals surface area contributed by atoms with E-state index in [1.807, 2.05) is 0 Å². The summed E-state index contributed by atoms with van der Waals surface area (Å²) in [5, 5.41) is 9.08. The molecule has 0 aliphatic carbocycles. The predicted molar refractivity (Wildman–Crippen MR) is 48.7 cm³/mol. The van der Waals surface area contributed by atoms with Gasteiger partial charge in [-0.2, -0.15) is 13.2 Å². The Hall–Kier alpha value is -0.820. The van der Waals surface area contributed by atoms with Crippen molar-refractivity contribution in [1.29, 1.82) is 0 Å². The lowest BCUT2D eigenvalue weighted by Gasteiger charge is -2.17. The SMILES string of the molecule is N[C@@H](c1cc(Br)cc(F)c1O)C(F)(F)F. The Morgan fingerprint density at radius 2 is 1.87 bits per heavy atom. The van der Waals surface area contributed by atoms with Crippen LogP contribution in [0.3, 0.4) is 0 Å². The lowest BCUT2D eigenvalue weighted by atomic mass is 10.1. The number of benzene rings is 1. The zero-order chi connectivity index (χ0) is 11.8. The number of nitrogens with two attached hydrogens (primary N) is 1. The summed E-state index contributed by atoms with van der Waals surface area (Å²) < 4.78 is 49.6. The van der Waals surface area contributed by atoms with Crippen molar-refractivity contribution in [3.8, 4) is 5.75 Å². The van der Waals surface area contributed by atoms with Gasteiger partial charge in [0.15, 0.2) is 11.6 Å². The summed E-state index contributed by atoms with van der Waals surface area (Å²) in [7, 11) is 0. The van der Waals surface area contributed by atoms with Crippen LogP contribution in [0.15, 0.2) is 16.6 Å². The van der Waals surface area contributed by atoms with Gasteiger partial charge in [0.1, 0.15) is 6.04 Å². The van der Waals surface area contributed by atoms with Crippen molar-refractivity contribution in [3.05, 3.63) is 28.0 Å². The Morgan fingerprint density at radius 3 is 2.33 bits per heavy atom. The van der Waals surface area contributed by atoms with Crippen LogP contribution in [0.5, 0.6) is 5.75 Å². The monoisotopic (exact) mass is 287 g/mol. The van der Waals surface area contributed by atoms with Gasteiger partial charge < -0.3 is 10.8 Å². The maximum atomic E-state index is 12.9. The van der Waals surface area contributed by atoms with E-state index in [0.717, 1.165) is 12.1 Å². The summed E-state index contributed by atoms with van der Waals surface area (Å²) in [4.78, 5) is 0. The van der Waals surface area contributed by atoms with Gasteiger partial charge in [-0.25, -0.2) is 4.39 Å². The summed E-state index contributed by atoms with van der Waals surface area (Å²) in [6.45, 7) is 0. The highest BCUT2D eigenvalue weighted by atomic mass is 79.9. The van der Waals surface area contributed by atoms with Crippen LogP contribution < -0.4 is 5.73 Å². The Kier molecular flexibility index (Phi) is 3.25. The number of alkyl halides is 3. The normalized spacial score (nSPS) is 14.0. The maximum Gasteiger partial charge on any atom is 0.407 e. The zero-order valence-corrected chi connectivity index (χ0v) is 8.73. The Morgan fingerprint density at radius 1 is 1.33 bits per heavy atom. The third kappa shape index (κ3) is 2.60. The minimum absolute atomic E-state index is 0.0764. The summed E-state index contributed by atoms with van der Waals surface area (Å²) >= 11 is 2.81. The van der Waals surface area contributed by atoms with Gasteiger partial charge in [-0.3, -0.25) is 0 Å². The van der Waals surface area contributed by atoms with E-state index in [4.69, 9.17) is 10.8 Å². The van der Waals surface area contributed by atoms with Crippen molar-refractivity contribution in [2.24, 2.45) is 5.73 Å². The topological polar surface area (TPSA) is 46.2 Å². The van der Waals surface area contributed by atoms with Gasteiger partial charge in [0.25, 0.3) is 0 Å². The van der Waals surface area contributed by atoms with E-state index in [0.29, 0.717) is 0 Å². The van der Waals surface area contributed by atoms with E-state index in [1.54, 1.807) is 0 Å². The van der Waals surface area contributed by atoms with Gasteiger partial charge in [-0.15, -0.1) is 0 Å². The van der Waals surface area contributed by atoms with E-state index in [1.165, 1.54) is 0 Å². The third-order valence-electron chi connectivity index (χ3n) is 1.75. The predicted octanol–water partition coefficient (Wildman–Crippen LogP) is 2.86. The van der Waals surface area contributed by atoms with Crippen molar-refractivity contribution in [3.63, 3.8) is 0 Å². The van der Waals surface area contributed by atoms with Crippen molar-refractivity contribution < 1.29 is 22.7 Å². The van der Waals surface area contributed by atoms with Crippen molar-refractivity contribution in [2.45, 2.75) is 12.2 Å². The van der Waals surface area contributed by atoms with Crippen molar-refractivity contribution in [1.82, 2.24) is 0 Å². The molecule has 0 saturated heterocycles. The summed E-state index contributed by atoms with van der Waals surface area (Å²) in [6, 6.07) is -0.636. The number of halogens is 5. The van der Waals surface area contributed by atoms with Gasteiger partial charge in [-0.05, 0) is 12.1 Å². The van der Waals surface area contributed by atoms with Gasteiger partial charge in [0.05, 0.1) is 0 Å². The Balaban J connectivity index is 3.25. The number of hydrogen-bond acceptors (Lipinski definition) is 2. The number of aromatic hydroxyl groups is 1. The first-order valence-electron chi connectivity index (χ1n) is 3.73. The molecule has 1 atom stereocenters. The van der Waals surface area contributed by atoms with Crippen LogP contribution >= 0.6 is 15.9 Å². The lowest BCUT2D eigenvalue weighted by Crippen LogP contribution is -2.28. The molecule has 0 heterocycles. The molecular weight excluding hydrogens is 282 g/mol. The average Bonchev–Trinajstić information content (AvgIpc) is 2.08. The first-order chi connectivity index (χ1) is 6.73. The maximum absolute atomic E-state index is 12.9. The number of rotatable bonds is 1. The average molecular weight is 288 g/mol. The Labute approximate surface area is 90.8 Å². The molecule has 7 heteroatoms. The molecule has 0 radical (unpaired) electrons. The molecule has 2 nitrogen and oxygen atoms in total. The fourth-order valence-electron chi connectivity index (χ4n) is 0.999. The molecule has 0 bridgehead atoms. The molecule has 0 unspecified atom stereocenters. The van der Waals surface area contributed by atoms with Crippen LogP contribution in [0, 0.1) is 5.82 Å². The summed E-state index contributed by atoms with van der Waals surface area (Å²) in [5.74, 6) is -2.23. The number of phenolic OH excluding ortho intramolecular Hbond substituents is 1. The molecule has 0 amide bonds. The molecule has 0 aliphatic rings. The van der Waals surface area contributed by atoms with Crippen LogP contribution in [-0.2, 0) is 0 Å². The molecule has 0 saturated carbocycles. The Bertz CT molecular complexity index is 380. The quantitative estimate of drug-likeness (QED) is 0.780. The third-order valence-corrected chi connectivity index (χ3v) is 2.20. The van der Waals surface area contributed by atoms with E-state index in [9.17, 15) is 17.6 Å². The van der Waals surface area contributed by atoms with Gasteiger partial charge >= 0.3 is 6.18 Å². The van der Waals surface area contributed by atoms with Crippen LogP contribution in [0.1, 0.15) is 11.6 Å². The standard InChI is InChI=1S/C8H6BrF4NO/c9-3-1-4(6(15)5(10)2-3)7(14)8(11,12)13/h1-2,7,15H,14H2/t7-/m0/s1. The second-order valence-electron chi connectivity index (χ2n) is 2.84. The summed E-state index contributed by atoms with van der Waals surface area (Å²) in [6.07, 6.45) is -4.73. The van der Waals surface area contributed by atoms with Crippen LogP contribution in [0.2, 0.25) is 0 Å². The highest BCUT2D eigenvalue weighted by Crippen LogP contribution is 2.37. The number of hydrogen-bond donors (Lipinski definition) is 2. The van der Waals surface area contributed by atoms with E-state index in [2.05, 4.69) is 15.9 Å². The molecule has 1 rings (SSSR count). The van der Waals surface area contributed by atoms with Crippen molar-refractivity contribution in [2.75, 3.05) is 0 Å². The van der Waals surface area contributed by atoms with Gasteiger partial charge in [0, 0.05) is 10.0 Å². The molecular formula is C8H6BrF4NO. The first kappa shape index (κ1) is 12.3. The van der Waals surface area contributed by atoms with Crippen molar-refractivity contribution >= 4 is 15.9 Å². The molecule has 0 spiro atoms. The van der Waals surface area contributed by atoms with Crippen LogP contribution in [0.4, 0.5) is 17.6 Å². The zero-order valence-electron chi connectivity index (χ0n) is 7.15. The minimum atomic E-state index is -4.73. The summed E-state index contributed by atoms with van der Waals surface area (Å²) in [5.41, 5.74) is 4.14. The second kappa shape index (κ2) is 3.97. The van der Waals surface area contributed by atoms with E-state index in [-0.39, 0.29) is 4.47 Å². The molecule has 0 fully saturated rings. The largest absolute Gasteiger partial charge is 0.505 e. The highest BCUT2D eigenvalue weighted by molar-refractivity contribution is 9.10. The van der Waals surface area contributed by atoms with Gasteiger partial charge in [-0.1, -0.05) is 15.9 Å². The molecule has 1 aromatic rings.